The summed E-state index contributed by atoms with van der Waals surface area (Å²) < 4.78 is 10.4. The first kappa shape index (κ1) is 15.4. The molecule has 5 nitrogen and oxygen atoms in total. The summed E-state index contributed by atoms with van der Waals surface area (Å²) in [4.78, 5) is 11.0. The molecule has 1 aromatic carbocycles. The maximum absolute atomic E-state index is 11.0. The number of ether oxygens (including phenoxy) is 2. The topological polar surface area (TPSA) is 85.3 Å². The Kier molecular flexibility index (Phi) is 5.46. The summed E-state index contributed by atoms with van der Waals surface area (Å²) in [6, 6.07) is 4.76. The van der Waals surface area contributed by atoms with Crippen LogP contribution in [0.5, 0.6) is 11.5 Å². The predicted molar refractivity (Wildman–Crippen MR) is 75.1 cm³/mol. The van der Waals surface area contributed by atoms with E-state index in [4.69, 9.17) is 38.5 Å². The van der Waals surface area contributed by atoms with Crippen LogP contribution in [0.2, 0.25) is 5.02 Å². The number of primary amides is 1. The molecule has 0 radical (unpaired) electrons. The van der Waals surface area contributed by atoms with Gasteiger partial charge in [0.15, 0.2) is 11.5 Å². The lowest BCUT2D eigenvalue weighted by Crippen LogP contribution is -2.12. The van der Waals surface area contributed by atoms with E-state index in [1.54, 1.807) is 12.1 Å². The Hall–Kier alpha value is -2.63. The second-order valence-electron chi connectivity index (χ2n) is 3.56. The zero-order chi connectivity index (χ0) is 15.1. The number of carbonyl (C=O) groups excluding carboxylic acids is 1. The molecule has 0 spiro atoms. The van der Waals surface area contributed by atoms with Crippen molar-refractivity contribution in [2.45, 2.75) is 0 Å². The lowest BCUT2D eigenvalue weighted by molar-refractivity contribution is -0.114. The average molecular weight is 291 g/mol. The lowest BCUT2D eigenvalue weighted by Gasteiger charge is -2.11. The van der Waals surface area contributed by atoms with Crippen molar-refractivity contribution in [2.75, 3.05) is 13.7 Å². The smallest absolute Gasteiger partial charge is 0.259 e. The minimum atomic E-state index is -0.824. The van der Waals surface area contributed by atoms with E-state index in [1.807, 2.05) is 0 Å². The molecule has 0 saturated heterocycles. The number of nitrogens with zero attached hydrogens (tertiary/aromatic N) is 1. The number of methoxy groups -OCH3 is 1. The molecule has 0 aliphatic rings. The Morgan fingerprint density at radius 2 is 2.30 bits per heavy atom. The third-order valence-corrected chi connectivity index (χ3v) is 2.53. The van der Waals surface area contributed by atoms with E-state index < -0.39 is 5.91 Å². The van der Waals surface area contributed by atoms with Crippen molar-refractivity contribution in [3.05, 3.63) is 28.3 Å². The van der Waals surface area contributed by atoms with Crippen LogP contribution in [0, 0.1) is 23.7 Å². The fourth-order valence-corrected chi connectivity index (χ4v) is 1.68. The van der Waals surface area contributed by atoms with Gasteiger partial charge in [0.1, 0.15) is 18.2 Å². The second-order valence-corrected chi connectivity index (χ2v) is 3.97. The Balaban J connectivity index is 3.27. The zero-order valence-corrected chi connectivity index (χ0v) is 11.4. The Morgan fingerprint density at radius 1 is 1.60 bits per heavy atom. The van der Waals surface area contributed by atoms with Gasteiger partial charge in [-0.05, 0) is 23.8 Å². The van der Waals surface area contributed by atoms with E-state index in [9.17, 15) is 4.79 Å². The van der Waals surface area contributed by atoms with Crippen molar-refractivity contribution in [3.8, 4) is 29.9 Å². The number of benzene rings is 1. The number of halogens is 1. The highest BCUT2D eigenvalue weighted by molar-refractivity contribution is 6.32. The Labute approximate surface area is 121 Å². The average Bonchev–Trinajstić information content (AvgIpc) is 2.42. The van der Waals surface area contributed by atoms with E-state index >= 15 is 0 Å². The molecule has 0 aliphatic heterocycles. The SMILES string of the molecule is C#CCOc1c(Cl)cc(/C=C(\C#N)C(N)=O)cc1OC. The maximum Gasteiger partial charge on any atom is 0.259 e. The highest BCUT2D eigenvalue weighted by Crippen LogP contribution is 2.36. The predicted octanol–water partition coefficient (Wildman–Crippen LogP) is 1.75. The number of carbonyl (C=O) groups is 1. The van der Waals surface area contributed by atoms with Gasteiger partial charge in [-0.2, -0.15) is 5.26 Å². The molecule has 1 amide bonds. The number of hydrogen-bond donors (Lipinski definition) is 1. The standard InChI is InChI=1S/C14H11ClN2O3/c1-3-4-20-13-11(15)6-9(7-12(13)19-2)5-10(8-16)14(17)18/h1,5-7H,4H2,2H3,(H2,17,18)/b10-5+. The molecule has 0 atom stereocenters. The molecule has 2 N–H and O–H groups in total. The minimum Gasteiger partial charge on any atom is -0.493 e. The van der Waals surface area contributed by atoms with E-state index in [2.05, 4.69) is 5.92 Å². The van der Waals surface area contributed by atoms with Crippen LogP contribution < -0.4 is 15.2 Å². The van der Waals surface area contributed by atoms with Crippen LogP contribution in [0.4, 0.5) is 0 Å². The first-order chi connectivity index (χ1) is 9.53. The molecule has 0 saturated carbocycles. The molecular formula is C14H11ClN2O3. The highest BCUT2D eigenvalue weighted by Gasteiger charge is 2.12. The Bertz CT molecular complexity index is 639. The van der Waals surface area contributed by atoms with E-state index in [0.29, 0.717) is 17.1 Å². The molecule has 0 aromatic heterocycles. The van der Waals surface area contributed by atoms with E-state index in [0.717, 1.165) is 0 Å². The minimum absolute atomic E-state index is 0.0377. The largest absolute Gasteiger partial charge is 0.493 e. The van der Waals surface area contributed by atoms with Crippen LogP contribution in [0.15, 0.2) is 17.7 Å². The number of hydrogen-bond acceptors (Lipinski definition) is 4. The first-order valence-corrected chi connectivity index (χ1v) is 5.76. The first-order valence-electron chi connectivity index (χ1n) is 5.38. The number of amides is 1. The van der Waals surface area contributed by atoms with Crippen LogP contribution in [0.3, 0.4) is 0 Å². The van der Waals surface area contributed by atoms with Crippen molar-refractivity contribution in [1.82, 2.24) is 0 Å². The fraction of sp³-hybridized carbons (Fsp3) is 0.143. The summed E-state index contributed by atoms with van der Waals surface area (Å²) in [5, 5.41) is 9.04. The third kappa shape index (κ3) is 3.68. The van der Waals surface area contributed by atoms with Crippen LogP contribution in [-0.4, -0.2) is 19.6 Å². The van der Waals surface area contributed by atoms with Crippen LogP contribution >= 0.6 is 11.6 Å². The lowest BCUT2D eigenvalue weighted by atomic mass is 10.1. The number of nitrogens with two attached hydrogens (primary N) is 1. The number of rotatable bonds is 5. The molecule has 102 valence electrons. The molecule has 0 aliphatic carbocycles. The molecule has 6 heteroatoms. The van der Waals surface area contributed by atoms with Gasteiger partial charge >= 0.3 is 0 Å². The molecule has 1 rings (SSSR count). The van der Waals surface area contributed by atoms with E-state index in [-0.39, 0.29) is 17.2 Å². The van der Waals surface area contributed by atoms with Crippen LogP contribution in [0.1, 0.15) is 5.56 Å². The molecule has 0 unspecified atom stereocenters. The molecule has 0 fully saturated rings. The van der Waals surface area contributed by atoms with Crippen LogP contribution in [0.25, 0.3) is 6.08 Å². The fourth-order valence-electron chi connectivity index (χ4n) is 1.40. The van der Waals surface area contributed by atoms with E-state index in [1.165, 1.54) is 19.3 Å². The van der Waals surface area contributed by atoms with Gasteiger partial charge in [0.2, 0.25) is 0 Å². The third-order valence-electron chi connectivity index (χ3n) is 2.25. The summed E-state index contributed by atoms with van der Waals surface area (Å²) in [6.07, 6.45) is 6.42. The second kappa shape index (κ2) is 7.08. The van der Waals surface area contributed by atoms with Gasteiger partial charge < -0.3 is 15.2 Å². The molecular weight excluding hydrogens is 280 g/mol. The summed E-state index contributed by atoms with van der Waals surface area (Å²) in [6.45, 7) is 0.0377. The van der Waals surface area contributed by atoms with Gasteiger partial charge in [0, 0.05) is 0 Å². The summed E-state index contributed by atoms with van der Waals surface area (Å²) in [5.74, 6) is 2.12. The molecule has 1 aromatic rings. The Morgan fingerprint density at radius 3 is 2.80 bits per heavy atom. The summed E-state index contributed by atoms with van der Waals surface area (Å²) >= 11 is 6.05. The van der Waals surface area contributed by atoms with Gasteiger partial charge in [-0.25, -0.2) is 0 Å². The van der Waals surface area contributed by atoms with Crippen LogP contribution in [-0.2, 0) is 4.79 Å². The summed E-state index contributed by atoms with van der Waals surface area (Å²) in [7, 11) is 1.43. The number of terminal acetylenes is 1. The molecule has 20 heavy (non-hydrogen) atoms. The van der Waals surface area contributed by atoms with Crippen molar-refractivity contribution >= 4 is 23.6 Å². The number of nitriles is 1. The summed E-state index contributed by atoms with van der Waals surface area (Å²) in [5.41, 5.74) is 5.35. The zero-order valence-electron chi connectivity index (χ0n) is 10.6. The van der Waals surface area contributed by atoms with Gasteiger partial charge in [-0.3, -0.25) is 4.79 Å². The molecule has 0 heterocycles. The quantitative estimate of drug-likeness (QED) is 0.508. The van der Waals surface area contributed by atoms with Crippen molar-refractivity contribution in [3.63, 3.8) is 0 Å². The van der Waals surface area contributed by atoms with Crippen molar-refractivity contribution < 1.29 is 14.3 Å². The maximum atomic E-state index is 11.0. The highest BCUT2D eigenvalue weighted by atomic mass is 35.5. The molecule has 0 bridgehead atoms. The van der Waals surface area contributed by atoms with Gasteiger partial charge in [0.05, 0.1) is 12.1 Å². The van der Waals surface area contributed by atoms with Gasteiger partial charge in [-0.1, -0.05) is 17.5 Å². The van der Waals surface area contributed by atoms with Crippen molar-refractivity contribution in [2.24, 2.45) is 5.73 Å². The monoisotopic (exact) mass is 290 g/mol. The normalized spacial score (nSPS) is 10.3. The van der Waals surface area contributed by atoms with Gasteiger partial charge in [-0.15, -0.1) is 6.42 Å². The van der Waals surface area contributed by atoms with Gasteiger partial charge in [0.25, 0.3) is 5.91 Å². The van der Waals surface area contributed by atoms with Crippen molar-refractivity contribution in [1.29, 1.82) is 5.26 Å².